The maximum Gasteiger partial charge on any atom is 0.239 e. The molecule has 0 aliphatic carbocycles. The number of nitrogens with one attached hydrogen (secondary N) is 1. The molecule has 1 aromatic rings. The third kappa shape index (κ3) is 7.12. The fraction of sp³-hybridized carbons (Fsp3) is 0.667. The van der Waals surface area contributed by atoms with E-state index < -0.39 is 0 Å². The highest BCUT2D eigenvalue weighted by atomic mass is 32.2. The Morgan fingerprint density at radius 3 is 2.56 bits per heavy atom. The predicted molar refractivity (Wildman–Crippen MR) is 94.8 cm³/mol. The molecule has 0 atom stereocenters. The van der Waals surface area contributed by atoms with E-state index in [0.717, 1.165) is 0 Å². The number of aromatic nitrogens is 3. The van der Waals surface area contributed by atoms with E-state index in [1.807, 2.05) is 4.57 Å². The average Bonchev–Trinajstić information content (AvgIpc) is 2.91. The molecule has 25 heavy (non-hydrogen) atoms. The summed E-state index contributed by atoms with van der Waals surface area (Å²) in [5.41, 5.74) is 5.20. The van der Waals surface area contributed by atoms with E-state index in [1.54, 1.807) is 7.05 Å². The van der Waals surface area contributed by atoms with E-state index in [1.165, 1.54) is 23.7 Å². The maximum atomic E-state index is 12.1. The minimum atomic E-state index is -0.390. The minimum absolute atomic E-state index is 0.0123. The second-order valence-corrected chi connectivity index (χ2v) is 7.02. The first kappa shape index (κ1) is 20.9. The Labute approximate surface area is 151 Å². The molecule has 3 amide bonds. The van der Waals surface area contributed by atoms with Crippen LogP contribution in [0.25, 0.3) is 0 Å². The molecule has 10 heteroatoms. The van der Waals surface area contributed by atoms with Gasteiger partial charge < -0.3 is 20.5 Å². The molecular weight excluding hydrogens is 344 g/mol. The number of carbonyl (C=O) groups excluding carboxylic acids is 3. The van der Waals surface area contributed by atoms with Crippen molar-refractivity contribution in [2.75, 3.05) is 26.4 Å². The fourth-order valence-corrected chi connectivity index (χ4v) is 2.92. The summed E-state index contributed by atoms with van der Waals surface area (Å²) in [4.78, 5) is 35.8. The minimum Gasteiger partial charge on any atom is -0.370 e. The van der Waals surface area contributed by atoms with Crippen LogP contribution in [0.15, 0.2) is 5.16 Å². The summed E-state index contributed by atoms with van der Waals surface area (Å²) in [5.74, 6) is 0.401. The van der Waals surface area contributed by atoms with Crippen LogP contribution < -0.4 is 11.1 Å². The van der Waals surface area contributed by atoms with Crippen LogP contribution in [-0.4, -0.2) is 63.8 Å². The van der Waals surface area contributed by atoms with Gasteiger partial charge in [0.1, 0.15) is 5.82 Å². The first-order chi connectivity index (χ1) is 11.7. The molecule has 0 radical (unpaired) electrons. The molecule has 0 saturated heterocycles. The fourth-order valence-electron chi connectivity index (χ4n) is 2.01. The van der Waals surface area contributed by atoms with Crippen molar-refractivity contribution in [1.82, 2.24) is 25.0 Å². The lowest BCUT2D eigenvalue weighted by atomic mass is 10.2. The molecule has 0 spiro atoms. The summed E-state index contributed by atoms with van der Waals surface area (Å²) >= 11 is 1.27. The lowest BCUT2D eigenvalue weighted by Crippen LogP contribution is -2.37. The van der Waals surface area contributed by atoms with Crippen LogP contribution >= 0.6 is 11.8 Å². The highest BCUT2D eigenvalue weighted by Gasteiger charge is 2.18. The van der Waals surface area contributed by atoms with Gasteiger partial charge in [0, 0.05) is 33.5 Å². The topological polar surface area (TPSA) is 123 Å². The highest BCUT2D eigenvalue weighted by molar-refractivity contribution is 7.99. The van der Waals surface area contributed by atoms with Crippen molar-refractivity contribution in [3.05, 3.63) is 5.82 Å². The molecule has 0 aliphatic heterocycles. The summed E-state index contributed by atoms with van der Waals surface area (Å²) in [6.45, 7) is 4.83. The second kappa shape index (κ2) is 10.0. The number of likely N-dealkylation sites (N-methyl/N-ethyl adjacent to an activating group) is 2. The standard InChI is InChI=1S/C15H26N6O3S/c1-10(2)7-21-12(6-5-11(16)22)18-19-15(21)25-9-14(24)20(4)8-13(23)17-3/h10H,5-9H2,1-4H3,(H2,16,22)(H,17,23). The molecule has 3 N–H and O–H groups in total. The van der Waals surface area contributed by atoms with Gasteiger partial charge in [0.05, 0.1) is 12.3 Å². The van der Waals surface area contributed by atoms with Gasteiger partial charge in [0.2, 0.25) is 17.7 Å². The molecule has 0 fully saturated rings. The van der Waals surface area contributed by atoms with Crippen molar-refractivity contribution < 1.29 is 14.4 Å². The van der Waals surface area contributed by atoms with Crippen molar-refractivity contribution in [2.24, 2.45) is 11.7 Å². The van der Waals surface area contributed by atoms with Crippen molar-refractivity contribution >= 4 is 29.5 Å². The van der Waals surface area contributed by atoms with Crippen LogP contribution in [-0.2, 0) is 27.3 Å². The van der Waals surface area contributed by atoms with Gasteiger partial charge in [0.25, 0.3) is 0 Å². The Kier molecular flexibility index (Phi) is 8.39. The van der Waals surface area contributed by atoms with Crippen LogP contribution in [0, 0.1) is 5.92 Å². The van der Waals surface area contributed by atoms with E-state index in [-0.39, 0.29) is 36.4 Å². The number of rotatable bonds is 10. The van der Waals surface area contributed by atoms with Gasteiger partial charge in [-0.1, -0.05) is 25.6 Å². The summed E-state index contributed by atoms with van der Waals surface area (Å²) < 4.78 is 1.92. The third-order valence-electron chi connectivity index (χ3n) is 3.35. The van der Waals surface area contributed by atoms with Crippen molar-refractivity contribution in [3.8, 4) is 0 Å². The lowest BCUT2D eigenvalue weighted by Gasteiger charge is -2.16. The van der Waals surface area contributed by atoms with Crippen molar-refractivity contribution in [3.63, 3.8) is 0 Å². The number of aryl methyl sites for hydroxylation is 1. The molecule has 0 unspecified atom stereocenters. The maximum absolute atomic E-state index is 12.1. The normalized spacial score (nSPS) is 10.8. The number of carbonyl (C=O) groups is 3. The predicted octanol–water partition coefficient (Wildman–Crippen LogP) is -0.351. The molecule has 0 bridgehead atoms. The highest BCUT2D eigenvalue weighted by Crippen LogP contribution is 2.19. The number of amides is 3. The molecule has 0 aliphatic rings. The smallest absolute Gasteiger partial charge is 0.239 e. The van der Waals surface area contributed by atoms with E-state index in [9.17, 15) is 14.4 Å². The first-order valence-electron chi connectivity index (χ1n) is 8.02. The number of primary amides is 1. The number of nitrogens with two attached hydrogens (primary N) is 1. The van der Waals surface area contributed by atoms with Gasteiger partial charge >= 0.3 is 0 Å². The van der Waals surface area contributed by atoms with Crippen LogP contribution in [0.3, 0.4) is 0 Å². The molecule has 1 rings (SSSR count). The summed E-state index contributed by atoms with van der Waals surface area (Å²) in [5, 5.41) is 11.3. The molecule has 9 nitrogen and oxygen atoms in total. The Balaban J connectivity index is 2.75. The van der Waals surface area contributed by atoms with Crippen LogP contribution in [0.5, 0.6) is 0 Å². The molecule has 140 valence electrons. The number of hydrogen-bond donors (Lipinski definition) is 2. The number of thioether (sulfide) groups is 1. The monoisotopic (exact) mass is 370 g/mol. The van der Waals surface area contributed by atoms with Crippen LogP contribution in [0.1, 0.15) is 26.1 Å². The van der Waals surface area contributed by atoms with Gasteiger partial charge in [-0.2, -0.15) is 0 Å². The molecule has 0 saturated carbocycles. The van der Waals surface area contributed by atoms with Gasteiger partial charge in [-0.25, -0.2) is 0 Å². The van der Waals surface area contributed by atoms with Crippen LogP contribution in [0.2, 0.25) is 0 Å². The van der Waals surface area contributed by atoms with Gasteiger partial charge in [-0.05, 0) is 5.92 Å². The van der Waals surface area contributed by atoms with Gasteiger partial charge in [0.15, 0.2) is 5.16 Å². The van der Waals surface area contributed by atoms with E-state index >= 15 is 0 Å². The largest absolute Gasteiger partial charge is 0.370 e. The first-order valence-corrected chi connectivity index (χ1v) is 9.00. The zero-order chi connectivity index (χ0) is 19.0. The van der Waals surface area contributed by atoms with E-state index in [0.29, 0.717) is 29.9 Å². The Morgan fingerprint density at radius 1 is 1.32 bits per heavy atom. The average molecular weight is 370 g/mol. The molecule has 1 aromatic heterocycles. The summed E-state index contributed by atoms with van der Waals surface area (Å²) in [6.07, 6.45) is 0.620. The quantitative estimate of drug-likeness (QED) is 0.543. The third-order valence-corrected chi connectivity index (χ3v) is 4.30. The summed E-state index contributed by atoms with van der Waals surface area (Å²) in [6, 6.07) is 0. The number of nitrogens with zero attached hydrogens (tertiary/aromatic N) is 4. The Hall–Kier alpha value is -2.10. The lowest BCUT2D eigenvalue weighted by molar-refractivity contribution is -0.132. The zero-order valence-corrected chi connectivity index (χ0v) is 15.9. The van der Waals surface area contributed by atoms with Crippen LogP contribution in [0.4, 0.5) is 0 Å². The Morgan fingerprint density at radius 2 is 2.00 bits per heavy atom. The van der Waals surface area contributed by atoms with E-state index in [4.69, 9.17) is 5.73 Å². The number of hydrogen-bond acceptors (Lipinski definition) is 6. The SMILES string of the molecule is CNC(=O)CN(C)C(=O)CSc1nnc(CCC(N)=O)n1CC(C)C. The molecule has 0 aromatic carbocycles. The molecular formula is C15H26N6O3S. The van der Waals surface area contributed by atoms with Crippen molar-refractivity contribution in [2.45, 2.75) is 38.4 Å². The van der Waals surface area contributed by atoms with Gasteiger partial charge in [-0.15, -0.1) is 10.2 Å². The summed E-state index contributed by atoms with van der Waals surface area (Å²) in [7, 11) is 3.10. The van der Waals surface area contributed by atoms with Crippen molar-refractivity contribution in [1.29, 1.82) is 0 Å². The van der Waals surface area contributed by atoms with Gasteiger partial charge in [-0.3, -0.25) is 14.4 Å². The Bertz CT molecular complexity index is 616. The zero-order valence-electron chi connectivity index (χ0n) is 15.1. The second-order valence-electron chi connectivity index (χ2n) is 6.08. The molecule has 1 heterocycles. The van der Waals surface area contributed by atoms with E-state index in [2.05, 4.69) is 29.4 Å².